The number of aromatic nitrogens is 4. The molecule has 3 heterocycles. The zero-order chi connectivity index (χ0) is 26.2. The van der Waals surface area contributed by atoms with Gasteiger partial charge in [-0.3, -0.25) is 14.8 Å². The third kappa shape index (κ3) is 5.29. The maximum Gasteiger partial charge on any atom is 0.451 e. The highest BCUT2D eigenvalue weighted by molar-refractivity contribution is 6.11. The smallest absolute Gasteiger partial charge is 0.318 e. The lowest BCUT2D eigenvalue weighted by molar-refractivity contribution is -0.144. The topological polar surface area (TPSA) is 86.8 Å². The van der Waals surface area contributed by atoms with E-state index in [1.165, 1.54) is 12.1 Å². The number of halogens is 5. The largest absolute Gasteiger partial charge is 0.451 e. The Morgan fingerprint density at radius 2 is 1.76 bits per heavy atom. The van der Waals surface area contributed by atoms with E-state index >= 15 is 0 Å². The summed E-state index contributed by atoms with van der Waals surface area (Å²) in [6, 6.07) is 7.50. The predicted octanol–water partition coefficient (Wildman–Crippen LogP) is 5.56. The number of nitrogens with one attached hydrogen (secondary N) is 2. The number of fused-ring (bicyclic) bond motifs is 1. The highest BCUT2D eigenvalue weighted by Gasteiger charge is 2.34. The van der Waals surface area contributed by atoms with Gasteiger partial charge >= 0.3 is 6.18 Å². The van der Waals surface area contributed by atoms with Gasteiger partial charge in [-0.1, -0.05) is 12.5 Å². The zero-order valence-corrected chi connectivity index (χ0v) is 19.4. The van der Waals surface area contributed by atoms with Gasteiger partial charge in [-0.05, 0) is 61.3 Å². The van der Waals surface area contributed by atoms with Crippen molar-refractivity contribution in [2.24, 2.45) is 0 Å². The molecule has 2 aromatic heterocycles. The molecule has 0 radical (unpaired) electrons. The van der Waals surface area contributed by atoms with Gasteiger partial charge in [0.2, 0.25) is 5.82 Å². The molecule has 1 amide bonds. The summed E-state index contributed by atoms with van der Waals surface area (Å²) in [5, 5.41) is 9.39. The quantitative estimate of drug-likeness (QED) is 0.340. The monoisotopic (exact) mass is 516 g/mol. The molecule has 0 unspecified atom stereocenters. The van der Waals surface area contributed by atoms with Crippen LogP contribution in [0.25, 0.3) is 22.0 Å². The number of aromatic amines is 1. The Morgan fingerprint density at radius 3 is 2.46 bits per heavy atom. The van der Waals surface area contributed by atoms with Crippen LogP contribution < -0.4 is 5.32 Å². The normalized spacial score (nSPS) is 14.7. The molecular weight excluding hydrogens is 495 g/mol. The number of rotatable bonds is 5. The first-order chi connectivity index (χ1) is 17.7. The van der Waals surface area contributed by atoms with Crippen LogP contribution in [0.15, 0.2) is 42.7 Å². The van der Waals surface area contributed by atoms with Gasteiger partial charge in [0.25, 0.3) is 5.91 Å². The van der Waals surface area contributed by atoms with Crippen LogP contribution in [0.2, 0.25) is 0 Å². The number of carbonyl (C=O) groups excluding carboxylic acids is 1. The molecule has 1 saturated heterocycles. The maximum absolute atomic E-state index is 14.8. The fourth-order valence-electron chi connectivity index (χ4n) is 4.41. The van der Waals surface area contributed by atoms with E-state index in [9.17, 15) is 26.7 Å². The average Bonchev–Trinajstić information content (AvgIpc) is 3.30. The molecule has 0 saturated carbocycles. The number of anilines is 1. The van der Waals surface area contributed by atoms with Crippen molar-refractivity contribution >= 4 is 22.5 Å². The molecule has 7 nitrogen and oxygen atoms in total. The SMILES string of the molecule is O=C(Nc1cnc(C(F)(F)F)nc1)c1n[nH]c2ccc(-c3cc(CN4CCCCC4)cc(F)c3F)cc12. The van der Waals surface area contributed by atoms with Crippen LogP contribution in [0.1, 0.15) is 41.1 Å². The van der Waals surface area contributed by atoms with E-state index in [4.69, 9.17) is 0 Å². The number of hydrogen-bond donors (Lipinski definition) is 2. The predicted molar refractivity (Wildman–Crippen MR) is 126 cm³/mol. The molecule has 37 heavy (non-hydrogen) atoms. The lowest BCUT2D eigenvalue weighted by atomic mass is 9.99. The summed E-state index contributed by atoms with van der Waals surface area (Å²) >= 11 is 0. The number of likely N-dealkylation sites (tertiary alicyclic amines) is 1. The minimum absolute atomic E-state index is 0.0533. The molecule has 2 aromatic carbocycles. The Bertz CT molecular complexity index is 1440. The van der Waals surface area contributed by atoms with E-state index in [1.54, 1.807) is 18.2 Å². The van der Waals surface area contributed by atoms with Crippen LogP contribution in [0.3, 0.4) is 0 Å². The molecule has 0 aliphatic carbocycles. The maximum atomic E-state index is 14.8. The van der Waals surface area contributed by atoms with E-state index < -0.39 is 29.5 Å². The Morgan fingerprint density at radius 1 is 1.03 bits per heavy atom. The first kappa shape index (κ1) is 24.8. The summed E-state index contributed by atoms with van der Waals surface area (Å²) in [7, 11) is 0. The molecule has 0 spiro atoms. The molecule has 0 bridgehead atoms. The van der Waals surface area contributed by atoms with Gasteiger partial charge in [-0.2, -0.15) is 18.3 Å². The van der Waals surface area contributed by atoms with Gasteiger partial charge in [-0.15, -0.1) is 0 Å². The van der Waals surface area contributed by atoms with Crippen LogP contribution in [0.5, 0.6) is 0 Å². The van der Waals surface area contributed by atoms with Gasteiger partial charge in [0, 0.05) is 17.5 Å². The second kappa shape index (κ2) is 9.85. The van der Waals surface area contributed by atoms with Gasteiger partial charge in [-0.25, -0.2) is 18.7 Å². The third-order valence-electron chi connectivity index (χ3n) is 6.20. The molecule has 12 heteroatoms. The van der Waals surface area contributed by atoms with Crippen LogP contribution in [-0.2, 0) is 12.7 Å². The van der Waals surface area contributed by atoms with Crippen molar-refractivity contribution < 1.29 is 26.7 Å². The van der Waals surface area contributed by atoms with Crippen molar-refractivity contribution in [3.8, 4) is 11.1 Å². The van der Waals surface area contributed by atoms with Gasteiger partial charge < -0.3 is 5.32 Å². The lowest BCUT2D eigenvalue weighted by Crippen LogP contribution is -2.29. The van der Waals surface area contributed by atoms with Crippen LogP contribution in [0.4, 0.5) is 27.6 Å². The first-order valence-corrected chi connectivity index (χ1v) is 11.6. The minimum atomic E-state index is -4.71. The Kier molecular flexibility index (Phi) is 6.59. The summed E-state index contributed by atoms with van der Waals surface area (Å²) in [6.45, 7) is 2.30. The average molecular weight is 516 g/mol. The molecule has 1 fully saturated rings. The highest BCUT2D eigenvalue weighted by Crippen LogP contribution is 2.31. The second-order valence-corrected chi connectivity index (χ2v) is 8.86. The Hall–Kier alpha value is -3.93. The van der Waals surface area contributed by atoms with Crippen molar-refractivity contribution in [2.45, 2.75) is 32.0 Å². The number of nitrogens with zero attached hydrogens (tertiary/aromatic N) is 4. The molecule has 1 aliphatic heterocycles. The summed E-state index contributed by atoms with van der Waals surface area (Å²) < 4.78 is 67.4. The van der Waals surface area contributed by atoms with E-state index in [0.29, 0.717) is 28.6 Å². The Balaban J connectivity index is 1.43. The molecule has 0 atom stereocenters. The highest BCUT2D eigenvalue weighted by atomic mass is 19.4. The van der Waals surface area contributed by atoms with Crippen molar-refractivity contribution in [2.75, 3.05) is 18.4 Å². The number of hydrogen-bond acceptors (Lipinski definition) is 5. The number of amides is 1. The van der Waals surface area contributed by atoms with Crippen molar-refractivity contribution in [3.63, 3.8) is 0 Å². The third-order valence-corrected chi connectivity index (χ3v) is 6.20. The first-order valence-electron chi connectivity index (χ1n) is 11.6. The number of H-pyrrole nitrogens is 1. The van der Waals surface area contributed by atoms with E-state index in [-0.39, 0.29) is 16.9 Å². The van der Waals surface area contributed by atoms with Crippen LogP contribution >= 0.6 is 0 Å². The van der Waals surface area contributed by atoms with E-state index in [2.05, 4.69) is 30.4 Å². The van der Waals surface area contributed by atoms with Crippen molar-refractivity contribution in [3.05, 3.63) is 71.4 Å². The summed E-state index contributed by atoms with van der Waals surface area (Å²) in [5.41, 5.74) is 1.35. The van der Waals surface area contributed by atoms with E-state index in [0.717, 1.165) is 44.7 Å². The minimum Gasteiger partial charge on any atom is -0.318 e. The summed E-state index contributed by atoms with van der Waals surface area (Å²) in [5.74, 6) is -4.04. The van der Waals surface area contributed by atoms with Crippen LogP contribution in [0, 0.1) is 11.6 Å². The summed E-state index contributed by atoms with van der Waals surface area (Å²) in [6.07, 6.45) is 0.247. The molecule has 5 rings (SSSR count). The fraction of sp³-hybridized carbons (Fsp3) is 0.280. The number of carbonyl (C=O) groups is 1. The number of benzene rings is 2. The zero-order valence-electron chi connectivity index (χ0n) is 19.4. The number of alkyl halides is 3. The van der Waals surface area contributed by atoms with Crippen molar-refractivity contribution in [1.82, 2.24) is 25.1 Å². The number of piperidine rings is 1. The van der Waals surface area contributed by atoms with Gasteiger partial charge in [0.05, 0.1) is 23.6 Å². The second-order valence-electron chi connectivity index (χ2n) is 8.86. The molecule has 192 valence electrons. The van der Waals surface area contributed by atoms with Gasteiger partial charge in [0.1, 0.15) is 0 Å². The molecule has 4 aromatic rings. The summed E-state index contributed by atoms with van der Waals surface area (Å²) in [4.78, 5) is 21.4. The van der Waals surface area contributed by atoms with Gasteiger partial charge in [0.15, 0.2) is 17.3 Å². The van der Waals surface area contributed by atoms with Crippen LogP contribution in [-0.4, -0.2) is 44.1 Å². The van der Waals surface area contributed by atoms with E-state index in [1.807, 2.05) is 0 Å². The van der Waals surface area contributed by atoms with Crippen molar-refractivity contribution in [1.29, 1.82) is 0 Å². The molecule has 2 N–H and O–H groups in total. The lowest BCUT2D eigenvalue weighted by Gasteiger charge is -2.26. The molecular formula is C25H21F5N6O. The fourth-order valence-corrected chi connectivity index (χ4v) is 4.41. The standard InChI is InChI=1S/C25H21F5N6O/c26-19-9-14(13-36-6-2-1-3-7-36)8-17(21(19)27)15-4-5-20-18(10-15)22(35-34-20)23(37)33-16-11-31-24(32-12-16)25(28,29)30/h4-5,8-12H,1-3,6-7,13H2,(H,33,37)(H,34,35). The Labute approximate surface area is 207 Å². The molecule has 1 aliphatic rings.